The number of oxazole rings is 1. The fourth-order valence-corrected chi connectivity index (χ4v) is 3.77. The number of aryl methyl sites for hydroxylation is 1. The molecule has 0 radical (unpaired) electrons. The zero-order chi connectivity index (χ0) is 20.1. The molecule has 3 aromatic rings. The van der Waals surface area contributed by atoms with Crippen LogP contribution in [0.4, 0.5) is 0 Å². The molecule has 0 unspecified atom stereocenters. The molecular weight excluding hydrogens is 364 g/mol. The highest BCUT2D eigenvalue weighted by Crippen LogP contribution is 2.25. The van der Waals surface area contributed by atoms with E-state index in [9.17, 15) is 5.11 Å². The summed E-state index contributed by atoms with van der Waals surface area (Å²) >= 11 is 0. The Hall–Kier alpha value is -2.47. The second-order valence-electron chi connectivity index (χ2n) is 7.98. The first-order valence-electron chi connectivity index (χ1n) is 10.2. The highest BCUT2D eigenvalue weighted by atomic mass is 16.5. The molecule has 0 spiro atoms. The molecule has 2 aromatic carbocycles. The van der Waals surface area contributed by atoms with Crippen molar-refractivity contribution in [2.75, 3.05) is 19.8 Å². The van der Waals surface area contributed by atoms with Crippen molar-refractivity contribution in [1.82, 2.24) is 9.88 Å². The van der Waals surface area contributed by atoms with Crippen molar-refractivity contribution < 1.29 is 14.3 Å². The lowest BCUT2D eigenvalue weighted by molar-refractivity contribution is -0.0822. The maximum atomic E-state index is 11.0. The summed E-state index contributed by atoms with van der Waals surface area (Å²) in [4.78, 5) is 6.94. The third-order valence-corrected chi connectivity index (χ3v) is 5.43. The first-order valence-corrected chi connectivity index (χ1v) is 10.2. The molecule has 5 heteroatoms. The van der Waals surface area contributed by atoms with E-state index in [4.69, 9.17) is 14.1 Å². The lowest BCUT2D eigenvalue weighted by Gasteiger charge is -2.36. The average Bonchev–Trinajstić information content (AvgIpc) is 3.18. The van der Waals surface area contributed by atoms with Gasteiger partial charge >= 0.3 is 0 Å². The van der Waals surface area contributed by atoms with Crippen LogP contribution in [0.15, 0.2) is 65.3 Å². The Morgan fingerprint density at radius 1 is 1.00 bits per heavy atom. The Bertz CT molecular complexity index is 899. The monoisotopic (exact) mass is 392 g/mol. The number of nitrogens with zero attached hydrogens (tertiary/aromatic N) is 2. The quantitative estimate of drug-likeness (QED) is 0.653. The van der Waals surface area contributed by atoms with Crippen molar-refractivity contribution >= 4 is 0 Å². The molecule has 1 saturated heterocycles. The van der Waals surface area contributed by atoms with E-state index in [1.807, 2.05) is 30.3 Å². The summed E-state index contributed by atoms with van der Waals surface area (Å²) in [6.07, 6.45) is 3.04. The molecule has 5 nitrogen and oxygen atoms in total. The number of aliphatic hydroxyl groups is 1. The van der Waals surface area contributed by atoms with Gasteiger partial charge in [0, 0.05) is 51.3 Å². The van der Waals surface area contributed by atoms with Crippen molar-refractivity contribution in [2.45, 2.75) is 38.5 Å². The van der Waals surface area contributed by atoms with Gasteiger partial charge in [-0.15, -0.1) is 0 Å². The maximum Gasteiger partial charge on any atom is 0.226 e. The summed E-state index contributed by atoms with van der Waals surface area (Å²) in [6, 6.07) is 18.5. The van der Waals surface area contributed by atoms with Crippen LogP contribution in [-0.2, 0) is 17.8 Å². The number of rotatable bonds is 7. The third-order valence-electron chi connectivity index (χ3n) is 5.43. The predicted molar refractivity (Wildman–Crippen MR) is 112 cm³/mol. The zero-order valence-electron chi connectivity index (χ0n) is 16.9. The molecule has 0 atom stereocenters. The number of benzene rings is 2. The Labute approximate surface area is 172 Å². The second kappa shape index (κ2) is 8.91. The fourth-order valence-electron chi connectivity index (χ4n) is 3.77. The van der Waals surface area contributed by atoms with Gasteiger partial charge in [-0.2, -0.15) is 0 Å². The van der Waals surface area contributed by atoms with Crippen LogP contribution >= 0.6 is 0 Å². The van der Waals surface area contributed by atoms with Crippen LogP contribution in [0.3, 0.4) is 0 Å². The van der Waals surface area contributed by atoms with Gasteiger partial charge in [0.05, 0.1) is 11.3 Å². The topological polar surface area (TPSA) is 58.7 Å². The summed E-state index contributed by atoms with van der Waals surface area (Å²) in [5.74, 6) is 0.629. The van der Waals surface area contributed by atoms with E-state index in [1.165, 1.54) is 11.1 Å². The second-order valence-corrected chi connectivity index (χ2v) is 7.98. The van der Waals surface area contributed by atoms with E-state index < -0.39 is 5.60 Å². The van der Waals surface area contributed by atoms with Crippen molar-refractivity contribution in [3.8, 4) is 11.5 Å². The van der Waals surface area contributed by atoms with Gasteiger partial charge < -0.3 is 14.3 Å². The number of ether oxygens (including phenoxy) is 1. The van der Waals surface area contributed by atoms with E-state index in [-0.39, 0.29) is 0 Å². The molecule has 4 rings (SSSR count). The normalized spacial score (nSPS) is 16.2. The van der Waals surface area contributed by atoms with E-state index in [0.717, 1.165) is 17.8 Å². The SMILES string of the molecule is Cc1ccc(-c2nc(CN(Cc3ccccc3)CC3(O)CCOCC3)co2)cc1. The molecule has 0 saturated carbocycles. The summed E-state index contributed by atoms with van der Waals surface area (Å²) in [5, 5.41) is 11.0. The van der Waals surface area contributed by atoms with Gasteiger partial charge in [0.1, 0.15) is 6.26 Å². The largest absolute Gasteiger partial charge is 0.444 e. The van der Waals surface area contributed by atoms with Gasteiger partial charge in [0.2, 0.25) is 5.89 Å². The number of hydrogen-bond acceptors (Lipinski definition) is 5. The Balaban J connectivity index is 1.50. The van der Waals surface area contributed by atoms with E-state index in [0.29, 0.717) is 45.0 Å². The highest BCUT2D eigenvalue weighted by molar-refractivity contribution is 5.53. The minimum atomic E-state index is -0.726. The lowest BCUT2D eigenvalue weighted by atomic mass is 9.93. The smallest absolute Gasteiger partial charge is 0.226 e. The molecule has 1 aliphatic rings. The van der Waals surface area contributed by atoms with Gasteiger partial charge in [0.25, 0.3) is 0 Å². The van der Waals surface area contributed by atoms with Crippen LogP contribution in [-0.4, -0.2) is 40.3 Å². The van der Waals surface area contributed by atoms with Crippen LogP contribution in [0.2, 0.25) is 0 Å². The molecule has 0 bridgehead atoms. The molecule has 0 amide bonds. The molecule has 1 N–H and O–H groups in total. The van der Waals surface area contributed by atoms with Gasteiger partial charge in [-0.3, -0.25) is 4.90 Å². The first-order chi connectivity index (χ1) is 14.1. The van der Waals surface area contributed by atoms with Crippen molar-refractivity contribution in [2.24, 2.45) is 0 Å². The molecule has 152 valence electrons. The summed E-state index contributed by atoms with van der Waals surface area (Å²) < 4.78 is 11.2. The van der Waals surface area contributed by atoms with Crippen molar-refractivity contribution in [1.29, 1.82) is 0 Å². The predicted octanol–water partition coefficient (Wildman–Crippen LogP) is 4.19. The number of aromatic nitrogens is 1. The van der Waals surface area contributed by atoms with Crippen molar-refractivity contribution in [3.63, 3.8) is 0 Å². The Kier molecular flexibility index (Phi) is 6.09. The summed E-state index contributed by atoms with van der Waals surface area (Å²) in [6.45, 7) is 5.23. The average molecular weight is 392 g/mol. The molecule has 0 aliphatic carbocycles. The Morgan fingerprint density at radius 2 is 1.72 bits per heavy atom. The highest BCUT2D eigenvalue weighted by Gasteiger charge is 2.32. The van der Waals surface area contributed by atoms with Gasteiger partial charge in [-0.1, -0.05) is 48.0 Å². The van der Waals surface area contributed by atoms with Crippen LogP contribution in [0.1, 0.15) is 29.7 Å². The minimum Gasteiger partial charge on any atom is -0.444 e. The summed E-state index contributed by atoms with van der Waals surface area (Å²) in [7, 11) is 0. The van der Waals surface area contributed by atoms with Gasteiger partial charge in [0.15, 0.2) is 0 Å². The number of hydrogen-bond donors (Lipinski definition) is 1. The van der Waals surface area contributed by atoms with Crippen LogP contribution in [0.25, 0.3) is 11.5 Å². The maximum absolute atomic E-state index is 11.0. The molecule has 1 fully saturated rings. The van der Waals surface area contributed by atoms with E-state index in [2.05, 4.69) is 36.1 Å². The van der Waals surface area contributed by atoms with Crippen molar-refractivity contribution in [3.05, 3.63) is 77.7 Å². The molecule has 1 aromatic heterocycles. The van der Waals surface area contributed by atoms with E-state index >= 15 is 0 Å². The van der Waals surface area contributed by atoms with Gasteiger partial charge in [-0.05, 0) is 24.6 Å². The first kappa shape index (κ1) is 19.8. The molecule has 2 heterocycles. The zero-order valence-corrected chi connectivity index (χ0v) is 16.9. The standard InChI is InChI=1S/C24H28N2O3/c1-19-7-9-21(10-8-19)23-25-22(17-29-23)16-26(15-20-5-3-2-4-6-20)18-24(27)11-13-28-14-12-24/h2-10,17,27H,11-16,18H2,1H3. The Morgan fingerprint density at radius 3 is 2.45 bits per heavy atom. The van der Waals surface area contributed by atoms with Gasteiger partial charge in [-0.25, -0.2) is 4.98 Å². The van der Waals surface area contributed by atoms with Crippen LogP contribution < -0.4 is 0 Å². The van der Waals surface area contributed by atoms with Crippen LogP contribution in [0, 0.1) is 6.92 Å². The molecular formula is C24H28N2O3. The summed E-state index contributed by atoms with van der Waals surface area (Å²) in [5.41, 5.74) is 3.53. The minimum absolute atomic E-state index is 0.581. The lowest BCUT2D eigenvalue weighted by Crippen LogP contribution is -2.46. The van der Waals surface area contributed by atoms with Crippen LogP contribution in [0.5, 0.6) is 0 Å². The third kappa shape index (κ3) is 5.32. The van der Waals surface area contributed by atoms with E-state index in [1.54, 1.807) is 6.26 Å². The molecule has 29 heavy (non-hydrogen) atoms. The molecule has 1 aliphatic heterocycles. The fraction of sp³-hybridized carbons (Fsp3) is 0.375.